The highest BCUT2D eigenvalue weighted by Gasteiger charge is 2.19. The normalized spacial score (nSPS) is 11.4. The van der Waals surface area contributed by atoms with E-state index < -0.39 is 9.84 Å². The van der Waals surface area contributed by atoms with Crippen molar-refractivity contribution in [2.45, 2.75) is 9.79 Å². The highest BCUT2D eigenvalue weighted by Crippen LogP contribution is 2.32. The van der Waals surface area contributed by atoms with Crippen LogP contribution in [0.1, 0.15) is 0 Å². The third kappa shape index (κ3) is 3.13. The van der Waals surface area contributed by atoms with Gasteiger partial charge in [-0.1, -0.05) is 53.5 Å². The van der Waals surface area contributed by atoms with E-state index in [4.69, 9.17) is 23.2 Å². The summed E-state index contributed by atoms with van der Waals surface area (Å²) in [6.07, 6.45) is 0. The lowest BCUT2D eigenvalue weighted by molar-refractivity contribution is 0.477. The molecule has 0 aliphatic rings. The second-order valence-corrected chi connectivity index (χ2v) is 7.88. The number of phenols is 1. The summed E-state index contributed by atoms with van der Waals surface area (Å²) in [5.41, 5.74) is 1.36. The maximum Gasteiger partial charge on any atom is 0.206 e. The smallest absolute Gasteiger partial charge is 0.206 e. The number of benzene rings is 3. The van der Waals surface area contributed by atoms with E-state index in [1.54, 1.807) is 36.4 Å². The quantitative estimate of drug-likeness (QED) is 0.681. The van der Waals surface area contributed by atoms with Crippen molar-refractivity contribution in [2.75, 3.05) is 0 Å². The Hall–Kier alpha value is -2.01. The van der Waals surface area contributed by atoms with E-state index in [0.29, 0.717) is 10.6 Å². The largest absolute Gasteiger partial charge is 0.507 e. The minimum atomic E-state index is -3.69. The van der Waals surface area contributed by atoms with Crippen LogP contribution in [0.3, 0.4) is 0 Å². The molecule has 122 valence electrons. The molecule has 3 aromatic rings. The van der Waals surface area contributed by atoms with Crippen LogP contribution in [-0.2, 0) is 9.84 Å². The molecule has 6 heteroatoms. The van der Waals surface area contributed by atoms with Gasteiger partial charge in [0.2, 0.25) is 9.84 Å². The van der Waals surface area contributed by atoms with E-state index in [9.17, 15) is 13.5 Å². The number of para-hydroxylation sites is 1. The molecule has 3 rings (SSSR count). The number of hydrogen-bond donors (Lipinski definition) is 1. The highest BCUT2D eigenvalue weighted by atomic mass is 35.5. The van der Waals surface area contributed by atoms with Gasteiger partial charge in [0.25, 0.3) is 0 Å². The van der Waals surface area contributed by atoms with Crippen molar-refractivity contribution in [1.29, 1.82) is 0 Å². The van der Waals surface area contributed by atoms with Crippen LogP contribution in [0, 0.1) is 0 Å². The monoisotopic (exact) mass is 378 g/mol. The van der Waals surface area contributed by atoms with E-state index in [-0.39, 0.29) is 20.6 Å². The van der Waals surface area contributed by atoms with Crippen molar-refractivity contribution in [3.63, 3.8) is 0 Å². The first-order valence-electron chi connectivity index (χ1n) is 6.98. The van der Waals surface area contributed by atoms with Gasteiger partial charge in [-0.2, -0.15) is 0 Å². The Morgan fingerprint density at radius 2 is 1.38 bits per heavy atom. The summed E-state index contributed by atoms with van der Waals surface area (Å²) in [5, 5.41) is 10.4. The lowest BCUT2D eigenvalue weighted by Crippen LogP contribution is -2.01. The van der Waals surface area contributed by atoms with Crippen LogP contribution in [0.2, 0.25) is 10.0 Å². The lowest BCUT2D eigenvalue weighted by Gasteiger charge is -2.08. The van der Waals surface area contributed by atoms with Gasteiger partial charge in [0, 0.05) is 5.56 Å². The Bertz CT molecular complexity index is 997. The molecule has 0 unspecified atom stereocenters. The van der Waals surface area contributed by atoms with Gasteiger partial charge in [0.05, 0.1) is 19.8 Å². The standard InChI is InChI=1S/C18H12Cl2O3S/c19-16-10-9-14(11-17(16)20)24(22,23)13-7-5-12(6-8-13)15-3-1-2-4-18(15)21/h1-11,21H. The topological polar surface area (TPSA) is 54.4 Å². The van der Waals surface area contributed by atoms with Crippen LogP contribution in [0.25, 0.3) is 11.1 Å². The van der Waals surface area contributed by atoms with Gasteiger partial charge in [-0.3, -0.25) is 0 Å². The van der Waals surface area contributed by atoms with Crippen LogP contribution >= 0.6 is 23.2 Å². The van der Waals surface area contributed by atoms with Crippen LogP contribution in [0.4, 0.5) is 0 Å². The second kappa shape index (κ2) is 6.48. The van der Waals surface area contributed by atoms with E-state index >= 15 is 0 Å². The van der Waals surface area contributed by atoms with E-state index in [0.717, 1.165) is 5.56 Å². The number of halogens is 2. The van der Waals surface area contributed by atoms with E-state index in [1.165, 1.54) is 30.3 Å². The maximum atomic E-state index is 12.7. The Morgan fingerprint density at radius 3 is 2.00 bits per heavy atom. The molecule has 0 heterocycles. The van der Waals surface area contributed by atoms with Gasteiger partial charge in [0.1, 0.15) is 5.75 Å². The summed E-state index contributed by atoms with van der Waals surface area (Å²) in [5.74, 6) is 0.137. The Labute approximate surface area is 150 Å². The Balaban J connectivity index is 2.01. The average molecular weight is 379 g/mol. The zero-order valence-corrected chi connectivity index (χ0v) is 14.6. The fourth-order valence-corrected chi connectivity index (χ4v) is 3.96. The number of hydrogen-bond acceptors (Lipinski definition) is 3. The van der Waals surface area contributed by atoms with Crippen molar-refractivity contribution in [1.82, 2.24) is 0 Å². The van der Waals surface area contributed by atoms with Crippen molar-refractivity contribution in [3.8, 4) is 16.9 Å². The first kappa shape index (κ1) is 16.8. The first-order chi connectivity index (χ1) is 11.4. The summed E-state index contributed by atoms with van der Waals surface area (Å²) in [7, 11) is -3.69. The third-order valence-electron chi connectivity index (χ3n) is 3.58. The van der Waals surface area contributed by atoms with Gasteiger partial charge < -0.3 is 5.11 Å². The molecular weight excluding hydrogens is 367 g/mol. The predicted octanol–water partition coefficient (Wildman–Crippen LogP) is 5.20. The molecule has 0 saturated carbocycles. The van der Waals surface area contributed by atoms with Crippen LogP contribution < -0.4 is 0 Å². The zero-order valence-electron chi connectivity index (χ0n) is 12.3. The minimum absolute atomic E-state index is 0.0761. The van der Waals surface area contributed by atoms with Crippen LogP contribution in [-0.4, -0.2) is 13.5 Å². The highest BCUT2D eigenvalue weighted by molar-refractivity contribution is 7.91. The zero-order chi connectivity index (χ0) is 17.3. The van der Waals surface area contributed by atoms with Crippen molar-refractivity contribution >= 4 is 33.0 Å². The molecular formula is C18H12Cl2O3S. The molecule has 0 radical (unpaired) electrons. The summed E-state index contributed by atoms with van der Waals surface area (Å²) >= 11 is 11.7. The lowest BCUT2D eigenvalue weighted by atomic mass is 10.1. The predicted molar refractivity (Wildman–Crippen MR) is 95.5 cm³/mol. The fraction of sp³-hybridized carbons (Fsp3) is 0. The molecule has 1 N–H and O–H groups in total. The van der Waals surface area contributed by atoms with Crippen molar-refractivity contribution < 1.29 is 13.5 Å². The van der Waals surface area contributed by atoms with Gasteiger partial charge >= 0.3 is 0 Å². The van der Waals surface area contributed by atoms with Gasteiger partial charge in [-0.15, -0.1) is 0 Å². The molecule has 0 atom stereocenters. The van der Waals surface area contributed by atoms with Crippen LogP contribution in [0.5, 0.6) is 5.75 Å². The summed E-state index contributed by atoms with van der Waals surface area (Å²) in [6.45, 7) is 0. The fourth-order valence-electron chi connectivity index (χ4n) is 2.31. The summed E-state index contributed by atoms with van der Waals surface area (Å²) in [6, 6.07) is 17.4. The molecule has 0 aliphatic heterocycles. The summed E-state index contributed by atoms with van der Waals surface area (Å²) in [4.78, 5) is 0.215. The number of phenolic OH excluding ortho intramolecular Hbond substituents is 1. The maximum absolute atomic E-state index is 12.7. The molecule has 0 fully saturated rings. The molecule has 24 heavy (non-hydrogen) atoms. The van der Waals surface area contributed by atoms with Gasteiger partial charge in [-0.05, 0) is 42.0 Å². The molecule has 3 nitrogen and oxygen atoms in total. The van der Waals surface area contributed by atoms with Crippen molar-refractivity contribution in [3.05, 3.63) is 76.8 Å². The molecule has 0 spiro atoms. The van der Waals surface area contributed by atoms with Gasteiger partial charge in [0.15, 0.2) is 0 Å². The van der Waals surface area contributed by atoms with E-state index in [1.807, 2.05) is 0 Å². The Kier molecular flexibility index (Phi) is 4.54. The molecule has 0 aliphatic carbocycles. The second-order valence-electron chi connectivity index (χ2n) is 5.12. The van der Waals surface area contributed by atoms with Gasteiger partial charge in [-0.25, -0.2) is 8.42 Å². The third-order valence-corrected chi connectivity index (χ3v) is 6.09. The molecule has 0 saturated heterocycles. The SMILES string of the molecule is O=S(=O)(c1ccc(-c2ccccc2O)cc1)c1ccc(Cl)c(Cl)c1. The van der Waals surface area contributed by atoms with E-state index in [2.05, 4.69) is 0 Å². The summed E-state index contributed by atoms with van der Waals surface area (Å²) < 4.78 is 25.3. The molecule has 0 aromatic heterocycles. The molecule has 0 amide bonds. The number of sulfone groups is 1. The van der Waals surface area contributed by atoms with Crippen LogP contribution in [0.15, 0.2) is 76.5 Å². The number of aromatic hydroxyl groups is 1. The average Bonchev–Trinajstić information content (AvgIpc) is 2.58. The minimum Gasteiger partial charge on any atom is -0.507 e. The molecule has 0 bridgehead atoms. The first-order valence-corrected chi connectivity index (χ1v) is 9.22. The number of rotatable bonds is 3. The molecule has 3 aromatic carbocycles. The van der Waals surface area contributed by atoms with Crippen molar-refractivity contribution in [2.24, 2.45) is 0 Å². The Morgan fingerprint density at radius 1 is 0.750 bits per heavy atom.